The first-order valence-corrected chi connectivity index (χ1v) is 5.64. The summed E-state index contributed by atoms with van der Waals surface area (Å²) in [6.45, 7) is 1.46. The van der Waals surface area contributed by atoms with Crippen molar-refractivity contribution in [3.63, 3.8) is 0 Å². The van der Waals surface area contributed by atoms with E-state index in [4.69, 9.17) is 15.6 Å². The first-order chi connectivity index (χ1) is 8.15. The second-order valence-electron chi connectivity index (χ2n) is 4.22. The van der Waals surface area contributed by atoms with E-state index < -0.39 is 12.0 Å². The van der Waals surface area contributed by atoms with Crippen LogP contribution in [0.1, 0.15) is 18.5 Å². The Bertz CT molecular complexity index is 387. The monoisotopic (exact) mass is 240 g/mol. The second kappa shape index (κ2) is 5.24. The summed E-state index contributed by atoms with van der Waals surface area (Å²) in [7, 11) is 0. The molecule has 1 aromatic heterocycles. The molecule has 2 rings (SSSR count). The standard InChI is InChI=1S/C10H16N4O3/c11-9(10(15)16)4-7-5-14(13-12-7)6-8-2-1-3-17-8/h5,8-9H,1-4,6,11H2,(H,15,16). The molecule has 0 aliphatic carbocycles. The van der Waals surface area contributed by atoms with E-state index in [0.717, 1.165) is 19.4 Å². The third kappa shape index (κ3) is 3.24. The van der Waals surface area contributed by atoms with Crippen molar-refractivity contribution in [3.8, 4) is 0 Å². The van der Waals surface area contributed by atoms with E-state index in [-0.39, 0.29) is 12.5 Å². The summed E-state index contributed by atoms with van der Waals surface area (Å²) in [5.41, 5.74) is 6.02. The Labute approximate surface area is 98.5 Å². The number of aliphatic carboxylic acids is 1. The summed E-state index contributed by atoms with van der Waals surface area (Å²) in [5.74, 6) is -1.03. The molecule has 2 unspecified atom stereocenters. The van der Waals surface area contributed by atoms with Crippen LogP contribution in [0, 0.1) is 0 Å². The summed E-state index contributed by atoms with van der Waals surface area (Å²) in [6.07, 6.45) is 4.23. The van der Waals surface area contributed by atoms with Crippen LogP contribution >= 0.6 is 0 Å². The molecule has 1 aliphatic rings. The van der Waals surface area contributed by atoms with Crippen molar-refractivity contribution in [2.45, 2.75) is 38.0 Å². The average Bonchev–Trinajstić information content (AvgIpc) is 2.91. The van der Waals surface area contributed by atoms with Crippen LogP contribution in [-0.4, -0.2) is 44.8 Å². The smallest absolute Gasteiger partial charge is 0.320 e. The summed E-state index contributed by atoms with van der Waals surface area (Å²) in [4.78, 5) is 10.6. The maximum atomic E-state index is 10.6. The fraction of sp³-hybridized carbons (Fsp3) is 0.700. The van der Waals surface area contributed by atoms with Gasteiger partial charge in [0.15, 0.2) is 0 Å². The molecule has 1 fully saturated rings. The molecular weight excluding hydrogens is 224 g/mol. The maximum Gasteiger partial charge on any atom is 0.320 e. The van der Waals surface area contributed by atoms with Crippen LogP contribution in [0.4, 0.5) is 0 Å². The minimum atomic E-state index is -1.03. The highest BCUT2D eigenvalue weighted by molar-refractivity contribution is 5.73. The Balaban J connectivity index is 1.88. The lowest BCUT2D eigenvalue weighted by Gasteiger charge is -2.07. The number of nitrogens with zero attached hydrogens (tertiary/aromatic N) is 3. The van der Waals surface area contributed by atoms with Gasteiger partial charge < -0.3 is 15.6 Å². The number of carbonyl (C=O) groups is 1. The molecule has 1 saturated heterocycles. The predicted octanol–water partition coefficient (Wildman–Crippen LogP) is -0.589. The summed E-state index contributed by atoms with van der Waals surface area (Å²) in [5, 5.41) is 16.5. The van der Waals surface area contributed by atoms with Crippen LogP contribution < -0.4 is 5.73 Å². The molecule has 0 saturated carbocycles. The van der Waals surface area contributed by atoms with Gasteiger partial charge in [0.2, 0.25) is 0 Å². The highest BCUT2D eigenvalue weighted by atomic mass is 16.5. The van der Waals surface area contributed by atoms with Gasteiger partial charge in [0.05, 0.1) is 18.3 Å². The number of ether oxygens (including phenoxy) is 1. The van der Waals surface area contributed by atoms with Crippen molar-refractivity contribution in [2.75, 3.05) is 6.61 Å². The van der Waals surface area contributed by atoms with Crippen molar-refractivity contribution in [1.82, 2.24) is 15.0 Å². The molecule has 0 radical (unpaired) electrons. The van der Waals surface area contributed by atoms with E-state index in [0.29, 0.717) is 12.2 Å². The SMILES string of the molecule is NC(Cc1cn(CC2CCCO2)nn1)C(=O)O. The zero-order valence-corrected chi connectivity index (χ0v) is 9.45. The Kier molecular flexibility index (Phi) is 3.70. The molecule has 7 nitrogen and oxygen atoms in total. The van der Waals surface area contributed by atoms with Crippen molar-refractivity contribution < 1.29 is 14.6 Å². The van der Waals surface area contributed by atoms with E-state index in [2.05, 4.69) is 10.3 Å². The van der Waals surface area contributed by atoms with Gasteiger partial charge in [-0.2, -0.15) is 0 Å². The number of carboxylic acid groups (broad SMARTS) is 1. The molecule has 17 heavy (non-hydrogen) atoms. The first kappa shape index (κ1) is 12.0. The molecule has 0 aromatic carbocycles. The van der Waals surface area contributed by atoms with Crippen molar-refractivity contribution >= 4 is 5.97 Å². The summed E-state index contributed by atoms with van der Waals surface area (Å²) >= 11 is 0. The fourth-order valence-electron chi connectivity index (χ4n) is 1.83. The summed E-state index contributed by atoms with van der Waals surface area (Å²) < 4.78 is 7.16. The second-order valence-corrected chi connectivity index (χ2v) is 4.22. The molecule has 1 aliphatic heterocycles. The number of rotatable bonds is 5. The molecule has 2 atom stereocenters. The van der Waals surface area contributed by atoms with E-state index in [9.17, 15) is 4.79 Å². The molecule has 3 N–H and O–H groups in total. The van der Waals surface area contributed by atoms with Gasteiger partial charge in [-0.25, -0.2) is 4.68 Å². The third-order valence-electron chi connectivity index (χ3n) is 2.75. The zero-order valence-electron chi connectivity index (χ0n) is 9.45. The fourth-order valence-corrected chi connectivity index (χ4v) is 1.83. The molecule has 2 heterocycles. The molecule has 1 aromatic rings. The van der Waals surface area contributed by atoms with Gasteiger partial charge in [-0.15, -0.1) is 5.10 Å². The van der Waals surface area contributed by atoms with Gasteiger partial charge in [-0.3, -0.25) is 4.79 Å². The van der Waals surface area contributed by atoms with E-state index in [1.54, 1.807) is 10.9 Å². The van der Waals surface area contributed by atoms with Crippen LogP contribution in [0.3, 0.4) is 0 Å². The van der Waals surface area contributed by atoms with Gasteiger partial charge in [0, 0.05) is 19.2 Å². The van der Waals surface area contributed by atoms with Crippen LogP contribution in [0.15, 0.2) is 6.20 Å². The average molecular weight is 240 g/mol. The Morgan fingerprint density at radius 3 is 3.24 bits per heavy atom. The van der Waals surface area contributed by atoms with Crippen LogP contribution in [-0.2, 0) is 22.5 Å². The predicted molar refractivity (Wildman–Crippen MR) is 58.3 cm³/mol. The minimum absolute atomic E-state index is 0.192. The number of hydrogen-bond acceptors (Lipinski definition) is 5. The minimum Gasteiger partial charge on any atom is -0.480 e. The number of nitrogens with two attached hydrogens (primary N) is 1. The topological polar surface area (TPSA) is 103 Å². The first-order valence-electron chi connectivity index (χ1n) is 5.64. The van der Waals surface area contributed by atoms with E-state index >= 15 is 0 Å². The lowest BCUT2D eigenvalue weighted by Crippen LogP contribution is -2.32. The molecular formula is C10H16N4O3. The van der Waals surface area contributed by atoms with Gasteiger partial charge in [-0.1, -0.05) is 5.21 Å². The zero-order chi connectivity index (χ0) is 12.3. The largest absolute Gasteiger partial charge is 0.480 e. The maximum absolute atomic E-state index is 10.6. The number of aromatic nitrogens is 3. The Morgan fingerprint density at radius 1 is 1.76 bits per heavy atom. The highest BCUT2D eigenvalue weighted by Gasteiger charge is 2.18. The third-order valence-corrected chi connectivity index (χ3v) is 2.75. The summed E-state index contributed by atoms with van der Waals surface area (Å²) in [6, 6.07) is -0.928. The molecule has 0 bridgehead atoms. The van der Waals surface area contributed by atoms with Gasteiger partial charge >= 0.3 is 5.97 Å². The molecule has 94 valence electrons. The molecule has 7 heteroatoms. The van der Waals surface area contributed by atoms with E-state index in [1.807, 2.05) is 0 Å². The molecule has 0 spiro atoms. The van der Waals surface area contributed by atoms with Gasteiger partial charge in [0.25, 0.3) is 0 Å². The van der Waals surface area contributed by atoms with Gasteiger partial charge in [-0.05, 0) is 12.8 Å². The lowest BCUT2D eigenvalue weighted by molar-refractivity contribution is -0.138. The quantitative estimate of drug-likeness (QED) is 0.713. The van der Waals surface area contributed by atoms with Crippen LogP contribution in [0.2, 0.25) is 0 Å². The van der Waals surface area contributed by atoms with Gasteiger partial charge in [0.1, 0.15) is 6.04 Å². The van der Waals surface area contributed by atoms with Crippen molar-refractivity contribution in [1.29, 1.82) is 0 Å². The Morgan fingerprint density at radius 2 is 2.59 bits per heavy atom. The molecule has 0 amide bonds. The highest BCUT2D eigenvalue weighted by Crippen LogP contribution is 2.13. The van der Waals surface area contributed by atoms with Crippen LogP contribution in [0.25, 0.3) is 0 Å². The Hall–Kier alpha value is -1.47. The lowest BCUT2D eigenvalue weighted by atomic mass is 10.2. The van der Waals surface area contributed by atoms with Crippen molar-refractivity contribution in [2.24, 2.45) is 5.73 Å². The van der Waals surface area contributed by atoms with Crippen LogP contribution in [0.5, 0.6) is 0 Å². The number of hydrogen-bond donors (Lipinski definition) is 2. The number of carboxylic acids is 1. The van der Waals surface area contributed by atoms with E-state index in [1.165, 1.54) is 0 Å². The normalized spacial score (nSPS) is 21.6. The van der Waals surface area contributed by atoms with Crippen molar-refractivity contribution in [3.05, 3.63) is 11.9 Å².